The van der Waals surface area contributed by atoms with E-state index in [1.165, 1.54) is 33.5 Å². The second kappa shape index (κ2) is 5.94. The van der Waals surface area contributed by atoms with Gasteiger partial charge in [-0.05, 0) is 12.1 Å². The van der Waals surface area contributed by atoms with Gasteiger partial charge in [0, 0.05) is 25.2 Å². The van der Waals surface area contributed by atoms with Crippen LogP contribution in [0.15, 0.2) is 24.3 Å². The summed E-state index contributed by atoms with van der Waals surface area (Å²) in [6.45, 7) is 0. The maximum atomic E-state index is 13.9. The van der Waals surface area contributed by atoms with E-state index in [2.05, 4.69) is 9.72 Å². The summed E-state index contributed by atoms with van der Waals surface area (Å²) in [7, 11) is 4.15. The van der Waals surface area contributed by atoms with Crippen molar-refractivity contribution < 1.29 is 23.4 Å². The van der Waals surface area contributed by atoms with E-state index in [0.717, 1.165) is 0 Å². The molecule has 20 heavy (non-hydrogen) atoms. The zero-order valence-electron chi connectivity index (χ0n) is 11.3. The largest absolute Gasteiger partial charge is 0.464 e. The molecule has 0 spiro atoms. The Morgan fingerprint density at radius 2 is 1.95 bits per heavy atom. The number of rotatable bonds is 4. The van der Waals surface area contributed by atoms with Gasteiger partial charge in [-0.1, -0.05) is 12.1 Å². The molecule has 5 nitrogen and oxygen atoms in total. The fourth-order valence-electron chi connectivity index (χ4n) is 1.99. The van der Waals surface area contributed by atoms with Crippen LogP contribution in [0.1, 0.15) is 22.3 Å². The molecule has 0 radical (unpaired) electrons. The number of carbonyl (C=O) groups excluding carboxylic acids is 1. The number of halogens is 1. The van der Waals surface area contributed by atoms with E-state index in [9.17, 15) is 9.18 Å². The Morgan fingerprint density at radius 1 is 1.25 bits per heavy atom. The molecule has 0 N–H and O–H groups in total. The van der Waals surface area contributed by atoms with Crippen molar-refractivity contribution in [2.24, 2.45) is 0 Å². The number of fused-ring (bicyclic) bond motifs is 1. The minimum atomic E-state index is -0.731. The number of nitrogens with zero attached hydrogens (tertiary/aromatic N) is 1. The summed E-state index contributed by atoms with van der Waals surface area (Å²) in [5.41, 5.74) is 0.587. The predicted molar refractivity (Wildman–Crippen MR) is 69.8 cm³/mol. The highest BCUT2D eigenvalue weighted by Crippen LogP contribution is 2.28. The van der Waals surface area contributed by atoms with Crippen LogP contribution >= 0.6 is 0 Å². The van der Waals surface area contributed by atoms with Crippen LogP contribution < -0.4 is 0 Å². The van der Waals surface area contributed by atoms with Gasteiger partial charge in [-0.2, -0.15) is 0 Å². The monoisotopic (exact) mass is 279 g/mol. The van der Waals surface area contributed by atoms with E-state index in [1.54, 1.807) is 12.1 Å². The van der Waals surface area contributed by atoms with Gasteiger partial charge in [-0.15, -0.1) is 0 Å². The molecule has 1 heterocycles. The summed E-state index contributed by atoms with van der Waals surface area (Å²) in [4.78, 5) is 15.6. The SMILES string of the molecule is COC(=O)c1cc(C(OC)OC)c2cccc(F)c2n1. The smallest absolute Gasteiger partial charge is 0.356 e. The number of hydrogen-bond donors (Lipinski definition) is 0. The van der Waals surface area contributed by atoms with Crippen molar-refractivity contribution in [2.75, 3.05) is 21.3 Å². The van der Waals surface area contributed by atoms with E-state index in [0.29, 0.717) is 10.9 Å². The molecule has 6 heteroatoms. The third-order valence-electron chi connectivity index (χ3n) is 2.90. The van der Waals surface area contributed by atoms with Gasteiger partial charge in [0.15, 0.2) is 6.29 Å². The van der Waals surface area contributed by atoms with E-state index in [4.69, 9.17) is 9.47 Å². The average Bonchev–Trinajstić information content (AvgIpc) is 2.48. The number of esters is 1. The number of hydrogen-bond acceptors (Lipinski definition) is 5. The van der Waals surface area contributed by atoms with Gasteiger partial charge < -0.3 is 14.2 Å². The number of carbonyl (C=O) groups is 1. The van der Waals surface area contributed by atoms with Crippen molar-refractivity contribution in [3.05, 3.63) is 41.3 Å². The second-order valence-corrected chi connectivity index (χ2v) is 4.03. The van der Waals surface area contributed by atoms with Gasteiger partial charge in [0.1, 0.15) is 17.0 Å². The summed E-state index contributed by atoms with van der Waals surface area (Å²) < 4.78 is 28.9. The standard InChI is InChI=1S/C14H14FNO4/c1-18-13(17)11-7-9(14(19-2)20-3)8-5-4-6-10(15)12(8)16-11/h4-7,14H,1-3H3. The van der Waals surface area contributed by atoms with Crippen LogP contribution in [0.5, 0.6) is 0 Å². The van der Waals surface area contributed by atoms with Crippen molar-refractivity contribution in [3.8, 4) is 0 Å². The molecule has 0 aliphatic carbocycles. The third-order valence-corrected chi connectivity index (χ3v) is 2.90. The summed E-state index contributed by atoms with van der Waals surface area (Å²) in [5.74, 6) is -1.18. The predicted octanol–water partition coefficient (Wildman–Crippen LogP) is 2.45. The van der Waals surface area contributed by atoms with Gasteiger partial charge in [-0.25, -0.2) is 14.2 Å². The highest BCUT2D eigenvalue weighted by molar-refractivity contribution is 5.92. The van der Waals surface area contributed by atoms with Gasteiger partial charge in [0.2, 0.25) is 0 Å². The summed E-state index contributed by atoms with van der Waals surface area (Å²) in [5, 5.41) is 0.520. The molecule has 0 saturated heterocycles. The Hall–Kier alpha value is -2.05. The van der Waals surface area contributed by atoms with Crippen molar-refractivity contribution in [1.82, 2.24) is 4.98 Å². The minimum absolute atomic E-state index is 0.000741. The second-order valence-electron chi connectivity index (χ2n) is 4.03. The molecule has 1 aromatic carbocycles. The zero-order chi connectivity index (χ0) is 14.7. The minimum Gasteiger partial charge on any atom is -0.464 e. The lowest BCUT2D eigenvalue weighted by molar-refractivity contribution is -0.105. The molecule has 0 unspecified atom stereocenters. The van der Waals surface area contributed by atoms with Gasteiger partial charge >= 0.3 is 5.97 Å². The molecule has 0 bridgehead atoms. The van der Waals surface area contributed by atoms with Crippen LogP contribution in [-0.4, -0.2) is 32.3 Å². The van der Waals surface area contributed by atoms with Crippen molar-refractivity contribution in [1.29, 1.82) is 0 Å². The Bertz CT molecular complexity index is 640. The van der Waals surface area contributed by atoms with Crippen molar-refractivity contribution in [3.63, 3.8) is 0 Å². The first-order valence-electron chi connectivity index (χ1n) is 5.85. The van der Waals surface area contributed by atoms with E-state index in [-0.39, 0.29) is 11.2 Å². The molecule has 0 saturated carbocycles. The van der Waals surface area contributed by atoms with Crippen LogP contribution in [0, 0.1) is 5.82 Å². The lowest BCUT2D eigenvalue weighted by Gasteiger charge is -2.16. The topological polar surface area (TPSA) is 57.7 Å². The highest BCUT2D eigenvalue weighted by Gasteiger charge is 2.19. The van der Waals surface area contributed by atoms with Crippen molar-refractivity contribution >= 4 is 16.9 Å². The molecule has 0 amide bonds. The van der Waals surface area contributed by atoms with Gasteiger partial charge in [-0.3, -0.25) is 0 Å². The van der Waals surface area contributed by atoms with E-state index < -0.39 is 18.1 Å². The van der Waals surface area contributed by atoms with Crippen LogP contribution in [-0.2, 0) is 14.2 Å². The molecule has 0 atom stereocenters. The molecule has 2 aromatic rings. The van der Waals surface area contributed by atoms with Crippen LogP contribution in [0.3, 0.4) is 0 Å². The fraction of sp³-hybridized carbons (Fsp3) is 0.286. The molecule has 0 aliphatic heterocycles. The summed E-state index contributed by atoms with van der Waals surface area (Å²) >= 11 is 0. The fourth-order valence-corrected chi connectivity index (χ4v) is 1.99. The maximum absolute atomic E-state index is 13.9. The Kier molecular flexibility index (Phi) is 4.26. The first-order valence-corrected chi connectivity index (χ1v) is 5.85. The van der Waals surface area contributed by atoms with Crippen LogP contribution in [0.2, 0.25) is 0 Å². The molecular formula is C14H14FNO4. The van der Waals surface area contributed by atoms with E-state index >= 15 is 0 Å². The average molecular weight is 279 g/mol. The lowest BCUT2D eigenvalue weighted by Crippen LogP contribution is -2.10. The molecule has 1 aromatic heterocycles. The van der Waals surface area contributed by atoms with Gasteiger partial charge in [0.25, 0.3) is 0 Å². The first kappa shape index (κ1) is 14.4. The quantitative estimate of drug-likeness (QED) is 0.635. The number of para-hydroxylation sites is 1. The van der Waals surface area contributed by atoms with E-state index in [1.807, 2.05) is 0 Å². The molecule has 0 aliphatic rings. The Labute approximate surface area is 115 Å². The van der Waals surface area contributed by atoms with Gasteiger partial charge in [0.05, 0.1) is 7.11 Å². The summed E-state index contributed by atoms with van der Waals surface area (Å²) in [6, 6.07) is 6.00. The normalized spacial score (nSPS) is 11.1. The summed E-state index contributed by atoms with van der Waals surface area (Å²) in [6.07, 6.45) is -0.731. The number of pyridine rings is 1. The number of ether oxygens (including phenoxy) is 3. The first-order chi connectivity index (χ1) is 9.62. The molecule has 106 valence electrons. The molecular weight excluding hydrogens is 265 g/mol. The Balaban J connectivity index is 2.75. The number of methoxy groups -OCH3 is 3. The third kappa shape index (κ3) is 2.48. The highest BCUT2D eigenvalue weighted by atomic mass is 19.1. The number of aromatic nitrogens is 1. The maximum Gasteiger partial charge on any atom is 0.356 e. The molecule has 2 rings (SSSR count). The van der Waals surface area contributed by atoms with Crippen LogP contribution in [0.25, 0.3) is 10.9 Å². The van der Waals surface area contributed by atoms with Crippen molar-refractivity contribution in [2.45, 2.75) is 6.29 Å². The lowest BCUT2D eigenvalue weighted by atomic mass is 10.1. The molecule has 0 fully saturated rings. The zero-order valence-corrected chi connectivity index (χ0v) is 11.3. The van der Waals surface area contributed by atoms with Crippen LogP contribution in [0.4, 0.5) is 4.39 Å². The number of benzene rings is 1. The Morgan fingerprint density at radius 3 is 2.55 bits per heavy atom.